The van der Waals surface area contributed by atoms with Crippen LogP contribution in [0.2, 0.25) is 0 Å². The number of nitrogens with one attached hydrogen (secondary N) is 1. The Morgan fingerprint density at radius 1 is 1.18 bits per heavy atom. The quantitative estimate of drug-likeness (QED) is 0.740. The van der Waals surface area contributed by atoms with Gasteiger partial charge in [-0.15, -0.1) is 0 Å². The summed E-state index contributed by atoms with van der Waals surface area (Å²) in [6.45, 7) is 3.13. The van der Waals surface area contributed by atoms with E-state index in [1.54, 1.807) is 25.3 Å². The molecule has 2 aliphatic rings. The minimum Gasteiger partial charge on any atom is -0.496 e. The summed E-state index contributed by atoms with van der Waals surface area (Å²) in [4.78, 5) is 14.9. The van der Waals surface area contributed by atoms with Gasteiger partial charge < -0.3 is 15.0 Å². The van der Waals surface area contributed by atoms with Gasteiger partial charge in [-0.1, -0.05) is 0 Å². The van der Waals surface area contributed by atoms with E-state index in [-0.39, 0.29) is 16.8 Å². The Labute approximate surface area is 168 Å². The average molecular weight is 410 g/mol. The molecule has 0 aromatic heterocycles. The summed E-state index contributed by atoms with van der Waals surface area (Å²) in [6, 6.07) is 5.17. The molecule has 0 bridgehead atoms. The van der Waals surface area contributed by atoms with Gasteiger partial charge in [-0.25, -0.2) is 8.42 Å². The van der Waals surface area contributed by atoms with Crippen molar-refractivity contribution >= 4 is 15.9 Å². The van der Waals surface area contributed by atoms with Crippen LogP contribution in [-0.4, -0.2) is 69.9 Å². The molecular formula is C20H31N3O4S. The molecular weight excluding hydrogens is 378 g/mol. The molecule has 2 heterocycles. The number of nitrogens with zero attached hydrogens (tertiary/aromatic N) is 2. The standard InChI is InChI=1S/C20H31N3O4S/c1-22-13-9-17(10-14-22)21-20(24)8-5-16-15-18(6-7-19(16)27-2)28(25,26)23-11-3-4-12-23/h6-7,15,17H,3-5,8-14H2,1-2H3,(H,21,24). The van der Waals surface area contributed by atoms with E-state index in [4.69, 9.17) is 4.74 Å². The molecule has 0 unspecified atom stereocenters. The van der Waals surface area contributed by atoms with E-state index in [1.165, 1.54) is 4.31 Å². The summed E-state index contributed by atoms with van der Waals surface area (Å²) in [5.41, 5.74) is 0.751. The minimum absolute atomic E-state index is 0.00408. The third-order valence-corrected chi connectivity index (χ3v) is 7.55. The topological polar surface area (TPSA) is 79.0 Å². The zero-order chi connectivity index (χ0) is 20.1. The number of ether oxygens (including phenoxy) is 1. The van der Waals surface area contributed by atoms with Crippen LogP contribution in [0.4, 0.5) is 0 Å². The molecule has 2 saturated heterocycles. The summed E-state index contributed by atoms with van der Waals surface area (Å²) in [5, 5.41) is 3.10. The molecule has 28 heavy (non-hydrogen) atoms. The van der Waals surface area contributed by atoms with Crippen LogP contribution in [0.15, 0.2) is 23.1 Å². The number of sulfonamides is 1. The fourth-order valence-corrected chi connectivity index (χ4v) is 5.46. The first-order valence-corrected chi connectivity index (χ1v) is 11.5. The van der Waals surface area contributed by atoms with Crippen LogP contribution < -0.4 is 10.1 Å². The van der Waals surface area contributed by atoms with E-state index in [2.05, 4.69) is 17.3 Å². The van der Waals surface area contributed by atoms with Crippen molar-refractivity contribution in [3.05, 3.63) is 23.8 Å². The van der Waals surface area contributed by atoms with E-state index < -0.39 is 10.0 Å². The molecule has 0 saturated carbocycles. The number of carbonyl (C=O) groups excluding carboxylic acids is 1. The van der Waals surface area contributed by atoms with Crippen LogP contribution in [0.5, 0.6) is 5.75 Å². The highest BCUT2D eigenvalue weighted by molar-refractivity contribution is 7.89. The number of carbonyl (C=O) groups is 1. The maximum absolute atomic E-state index is 12.8. The van der Waals surface area contributed by atoms with Crippen molar-refractivity contribution in [1.29, 1.82) is 0 Å². The van der Waals surface area contributed by atoms with E-state index in [1.807, 2.05) is 0 Å². The number of benzene rings is 1. The number of likely N-dealkylation sites (tertiary alicyclic amines) is 1. The van der Waals surface area contributed by atoms with Gasteiger partial charge in [0.05, 0.1) is 12.0 Å². The van der Waals surface area contributed by atoms with Gasteiger partial charge in [0.2, 0.25) is 15.9 Å². The lowest BCUT2D eigenvalue weighted by Crippen LogP contribution is -2.43. The second-order valence-corrected chi connectivity index (χ2v) is 9.67. The number of aryl methyl sites for hydroxylation is 1. The third kappa shape index (κ3) is 5.04. The first kappa shape index (κ1) is 21.1. The van der Waals surface area contributed by atoms with E-state index in [0.717, 1.165) is 44.3 Å². The van der Waals surface area contributed by atoms with Crippen molar-refractivity contribution in [2.24, 2.45) is 0 Å². The maximum Gasteiger partial charge on any atom is 0.243 e. The highest BCUT2D eigenvalue weighted by atomic mass is 32.2. The van der Waals surface area contributed by atoms with Crippen molar-refractivity contribution < 1.29 is 17.9 Å². The molecule has 8 heteroatoms. The van der Waals surface area contributed by atoms with Crippen molar-refractivity contribution in [2.75, 3.05) is 40.3 Å². The fraction of sp³-hybridized carbons (Fsp3) is 0.650. The molecule has 1 N–H and O–H groups in total. The molecule has 1 aromatic rings. The average Bonchev–Trinajstić information content (AvgIpc) is 3.23. The summed E-state index contributed by atoms with van der Waals surface area (Å²) in [5.74, 6) is 0.622. The third-order valence-electron chi connectivity index (χ3n) is 5.66. The molecule has 2 fully saturated rings. The molecule has 1 amide bonds. The zero-order valence-corrected chi connectivity index (χ0v) is 17.6. The molecule has 0 atom stereocenters. The minimum atomic E-state index is -3.48. The van der Waals surface area contributed by atoms with Crippen LogP contribution in [0.1, 0.15) is 37.7 Å². The summed E-state index contributed by atoms with van der Waals surface area (Å²) in [7, 11) is 0.172. The van der Waals surface area contributed by atoms with Crippen LogP contribution in [0.3, 0.4) is 0 Å². The lowest BCUT2D eigenvalue weighted by Gasteiger charge is -2.29. The zero-order valence-electron chi connectivity index (χ0n) is 16.8. The predicted octanol–water partition coefficient (Wildman–Crippen LogP) is 1.62. The highest BCUT2D eigenvalue weighted by Crippen LogP contribution is 2.27. The molecule has 1 aromatic carbocycles. The Hall–Kier alpha value is -1.64. The van der Waals surface area contributed by atoms with Gasteiger partial charge in [0, 0.05) is 25.6 Å². The summed E-state index contributed by atoms with van der Waals surface area (Å²) >= 11 is 0. The molecule has 0 radical (unpaired) electrons. The van der Waals surface area contributed by atoms with Crippen molar-refractivity contribution in [3.63, 3.8) is 0 Å². The number of rotatable bonds is 7. The first-order chi connectivity index (χ1) is 13.4. The Morgan fingerprint density at radius 3 is 2.50 bits per heavy atom. The number of methoxy groups -OCH3 is 1. The van der Waals surface area contributed by atoms with Crippen molar-refractivity contribution in [2.45, 2.75) is 49.5 Å². The SMILES string of the molecule is COc1ccc(S(=O)(=O)N2CCCC2)cc1CCC(=O)NC1CCN(C)CC1. The molecule has 0 aliphatic carbocycles. The van der Waals surface area contributed by atoms with Crippen LogP contribution in [-0.2, 0) is 21.2 Å². The van der Waals surface area contributed by atoms with Gasteiger partial charge in [-0.3, -0.25) is 4.79 Å². The van der Waals surface area contributed by atoms with Crippen LogP contribution in [0.25, 0.3) is 0 Å². The Morgan fingerprint density at radius 2 is 1.86 bits per heavy atom. The second-order valence-electron chi connectivity index (χ2n) is 7.73. The van der Waals surface area contributed by atoms with Crippen LogP contribution in [0, 0.1) is 0 Å². The number of piperidine rings is 1. The van der Waals surface area contributed by atoms with Crippen molar-refractivity contribution in [1.82, 2.24) is 14.5 Å². The van der Waals surface area contributed by atoms with Crippen LogP contribution >= 0.6 is 0 Å². The van der Waals surface area contributed by atoms with Gasteiger partial charge in [-0.2, -0.15) is 4.31 Å². The maximum atomic E-state index is 12.8. The Balaban J connectivity index is 1.64. The fourth-order valence-electron chi connectivity index (χ4n) is 3.89. The predicted molar refractivity (Wildman–Crippen MR) is 108 cm³/mol. The highest BCUT2D eigenvalue weighted by Gasteiger charge is 2.28. The second kappa shape index (κ2) is 9.24. The molecule has 156 valence electrons. The summed E-state index contributed by atoms with van der Waals surface area (Å²) < 4.78 is 32.6. The lowest BCUT2D eigenvalue weighted by atomic mass is 10.0. The largest absolute Gasteiger partial charge is 0.496 e. The molecule has 0 spiro atoms. The smallest absolute Gasteiger partial charge is 0.243 e. The molecule has 2 aliphatic heterocycles. The monoisotopic (exact) mass is 409 g/mol. The van der Waals surface area contributed by atoms with E-state index in [9.17, 15) is 13.2 Å². The van der Waals surface area contributed by atoms with Gasteiger partial charge in [0.25, 0.3) is 0 Å². The Kier molecular flexibility index (Phi) is 6.95. The van der Waals surface area contributed by atoms with E-state index >= 15 is 0 Å². The van der Waals surface area contributed by atoms with Gasteiger partial charge in [-0.05, 0) is 76.0 Å². The van der Waals surface area contributed by atoms with Gasteiger partial charge >= 0.3 is 0 Å². The van der Waals surface area contributed by atoms with Gasteiger partial charge in [0.1, 0.15) is 5.75 Å². The van der Waals surface area contributed by atoms with E-state index in [0.29, 0.717) is 31.7 Å². The molecule has 3 rings (SSSR count). The summed E-state index contributed by atoms with van der Waals surface area (Å²) in [6.07, 6.45) is 4.50. The van der Waals surface area contributed by atoms with Crippen molar-refractivity contribution in [3.8, 4) is 5.75 Å². The number of hydrogen-bond donors (Lipinski definition) is 1. The lowest BCUT2D eigenvalue weighted by molar-refractivity contribution is -0.122. The number of amides is 1. The molecule has 7 nitrogen and oxygen atoms in total. The van der Waals surface area contributed by atoms with Gasteiger partial charge in [0.15, 0.2) is 0 Å². The number of hydrogen-bond acceptors (Lipinski definition) is 5. The normalized spacial score (nSPS) is 19.6. The Bertz CT molecular complexity index is 783. The first-order valence-electron chi connectivity index (χ1n) is 10.0.